The van der Waals surface area contributed by atoms with Gasteiger partial charge in [-0.2, -0.15) is 0 Å². The number of benzene rings is 2. The predicted octanol–water partition coefficient (Wildman–Crippen LogP) is 3.30. The highest BCUT2D eigenvalue weighted by molar-refractivity contribution is 6.40. The van der Waals surface area contributed by atoms with Gasteiger partial charge in [0.2, 0.25) is 0 Å². The van der Waals surface area contributed by atoms with Crippen molar-refractivity contribution in [1.29, 1.82) is 0 Å². The largest absolute Gasteiger partial charge is 0.480 e. The Bertz CT molecular complexity index is 874. The van der Waals surface area contributed by atoms with E-state index >= 15 is 0 Å². The van der Waals surface area contributed by atoms with Gasteiger partial charge in [-0.05, 0) is 66.4 Å². The van der Waals surface area contributed by atoms with Crippen LogP contribution in [0.15, 0.2) is 48.5 Å². The minimum Gasteiger partial charge on any atom is -0.480 e. The topological polar surface area (TPSA) is 116 Å². The second-order valence-corrected chi connectivity index (χ2v) is 8.96. The maximum absolute atomic E-state index is 11.8. The first-order valence-corrected chi connectivity index (χ1v) is 11.1. The number of carboxylic acids is 1. The lowest BCUT2D eigenvalue weighted by atomic mass is 9.66. The first-order chi connectivity index (χ1) is 14.8. The summed E-state index contributed by atoms with van der Waals surface area (Å²) in [6, 6.07) is 16.3. The van der Waals surface area contributed by atoms with E-state index in [0.29, 0.717) is 30.8 Å². The van der Waals surface area contributed by atoms with Crippen molar-refractivity contribution in [3.63, 3.8) is 0 Å². The number of aliphatic carboxylic acids is 1. The smallest absolute Gasteiger partial charge is 0.451 e. The van der Waals surface area contributed by atoms with E-state index in [1.54, 1.807) is 0 Å². The summed E-state index contributed by atoms with van der Waals surface area (Å²) in [4.78, 5) is 11.8. The van der Waals surface area contributed by atoms with E-state index in [2.05, 4.69) is 23.5 Å². The van der Waals surface area contributed by atoms with Gasteiger partial charge in [0.15, 0.2) is 0 Å². The fraction of sp³-hybridized carbons (Fsp3) is 0.435. The lowest BCUT2D eigenvalue weighted by Gasteiger charge is -2.45. The van der Waals surface area contributed by atoms with Crippen LogP contribution in [0.4, 0.5) is 0 Å². The van der Waals surface area contributed by atoms with Crippen molar-refractivity contribution in [3.05, 3.63) is 59.1 Å². The quantitative estimate of drug-likeness (QED) is 0.268. The molecule has 8 heteroatoms. The lowest BCUT2D eigenvalue weighted by Crippen LogP contribution is -2.61. The minimum atomic E-state index is -1.35. The maximum Gasteiger partial charge on any atom is 0.451 e. The SMILES string of the molecule is N[C@](CCCCB(O)O)(C(=O)O)C1CC(NCc2cccc(-c3ccc(Cl)cc3)c2)C1. The molecule has 0 radical (unpaired) electrons. The molecule has 3 rings (SSSR count). The Kier molecular flexibility index (Phi) is 8.14. The Morgan fingerprint density at radius 3 is 2.48 bits per heavy atom. The molecule has 0 bridgehead atoms. The molecule has 0 spiro atoms. The summed E-state index contributed by atoms with van der Waals surface area (Å²) in [5, 5.41) is 31.8. The van der Waals surface area contributed by atoms with Crippen LogP contribution in [0.2, 0.25) is 11.3 Å². The molecule has 0 aliphatic heterocycles. The van der Waals surface area contributed by atoms with E-state index in [-0.39, 0.29) is 18.3 Å². The number of nitrogens with one attached hydrogen (secondary N) is 1. The monoisotopic (exact) mass is 444 g/mol. The van der Waals surface area contributed by atoms with Gasteiger partial charge in [-0.25, -0.2) is 0 Å². The van der Waals surface area contributed by atoms with Crippen molar-refractivity contribution in [2.75, 3.05) is 0 Å². The third-order valence-electron chi connectivity index (χ3n) is 6.27. The van der Waals surface area contributed by atoms with Crippen LogP contribution in [0.1, 0.15) is 37.7 Å². The van der Waals surface area contributed by atoms with E-state index in [4.69, 9.17) is 27.4 Å². The fourth-order valence-electron chi connectivity index (χ4n) is 4.20. The molecule has 6 N–H and O–H groups in total. The van der Waals surface area contributed by atoms with Crippen molar-refractivity contribution in [2.24, 2.45) is 11.7 Å². The van der Waals surface area contributed by atoms with Crippen LogP contribution in [0.5, 0.6) is 0 Å². The maximum atomic E-state index is 11.8. The summed E-state index contributed by atoms with van der Waals surface area (Å²) >= 11 is 5.97. The normalized spacial score (nSPS) is 20.0. The van der Waals surface area contributed by atoms with Crippen LogP contribution >= 0.6 is 11.6 Å². The molecule has 2 aromatic carbocycles. The molecule has 0 amide bonds. The summed E-state index contributed by atoms with van der Waals surface area (Å²) in [7, 11) is -1.35. The Morgan fingerprint density at radius 1 is 1.13 bits per heavy atom. The summed E-state index contributed by atoms with van der Waals surface area (Å²) in [6.07, 6.45) is 3.13. The summed E-state index contributed by atoms with van der Waals surface area (Å²) in [5.41, 5.74) is 8.41. The van der Waals surface area contributed by atoms with Crippen molar-refractivity contribution in [1.82, 2.24) is 5.32 Å². The second kappa shape index (κ2) is 10.6. The molecule has 166 valence electrons. The highest BCUT2D eigenvalue weighted by atomic mass is 35.5. The molecule has 1 saturated carbocycles. The average molecular weight is 445 g/mol. The molecule has 1 aliphatic rings. The van der Waals surface area contributed by atoms with Crippen molar-refractivity contribution < 1.29 is 19.9 Å². The Morgan fingerprint density at radius 2 is 1.84 bits per heavy atom. The highest BCUT2D eigenvalue weighted by Gasteiger charge is 2.48. The van der Waals surface area contributed by atoms with Crippen molar-refractivity contribution in [3.8, 4) is 11.1 Å². The Balaban J connectivity index is 1.49. The number of unbranched alkanes of at least 4 members (excludes halogenated alkanes) is 1. The van der Waals surface area contributed by atoms with Crippen LogP contribution in [0.25, 0.3) is 11.1 Å². The van der Waals surface area contributed by atoms with Crippen LogP contribution in [0.3, 0.4) is 0 Å². The molecule has 1 fully saturated rings. The van der Waals surface area contributed by atoms with Crippen LogP contribution in [-0.4, -0.2) is 39.8 Å². The van der Waals surface area contributed by atoms with Gasteiger partial charge in [-0.1, -0.05) is 54.8 Å². The number of carbonyl (C=O) groups is 1. The van der Waals surface area contributed by atoms with Crippen molar-refractivity contribution in [2.45, 2.75) is 56.5 Å². The number of nitrogens with two attached hydrogens (primary N) is 1. The third-order valence-corrected chi connectivity index (χ3v) is 6.52. The predicted molar refractivity (Wildman–Crippen MR) is 124 cm³/mol. The molecule has 0 aromatic heterocycles. The van der Waals surface area contributed by atoms with Crippen LogP contribution in [-0.2, 0) is 11.3 Å². The van der Waals surface area contributed by atoms with Crippen molar-refractivity contribution >= 4 is 24.7 Å². The second-order valence-electron chi connectivity index (χ2n) is 8.53. The van der Waals surface area contributed by atoms with Gasteiger partial charge < -0.3 is 26.2 Å². The highest BCUT2D eigenvalue weighted by Crippen LogP contribution is 2.38. The molecule has 1 atom stereocenters. The Hall–Kier alpha value is -1.90. The molecule has 1 aliphatic carbocycles. The lowest BCUT2D eigenvalue weighted by molar-refractivity contribution is -0.148. The van der Waals surface area contributed by atoms with E-state index in [1.807, 2.05) is 30.3 Å². The number of rotatable bonds is 11. The molecular formula is C23H30BClN2O4. The minimum absolute atomic E-state index is 0.0815. The average Bonchev–Trinajstić information content (AvgIpc) is 2.70. The Labute approximate surface area is 188 Å². The third kappa shape index (κ3) is 6.31. The van der Waals surface area contributed by atoms with Gasteiger partial charge in [0.05, 0.1) is 0 Å². The fourth-order valence-corrected chi connectivity index (χ4v) is 4.33. The van der Waals surface area contributed by atoms with Gasteiger partial charge in [0.1, 0.15) is 5.54 Å². The summed E-state index contributed by atoms with van der Waals surface area (Å²) < 4.78 is 0. The summed E-state index contributed by atoms with van der Waals surface area (Å²) in [5.74, 6) is -1.06. The van der Waals surface area contributed by atoms with E-state index in [0.717, 1.165) is 29.5 Å². The molecule has 0 unspecified atom stereocenters. The van der Waals surface area contributed by atoms with Gasteiger partial charge in [-0.15, -0.1) is 0 Å². The number of hydrogen-bond acceptors (Lipinski definition) is 5. The zero-order chi connectivity index (χ0) is 22.4. The first kappa shape index (κ1) is 23.8. The van der Waals surface area contributed by atoms with Gasteiger partial charge in [0.25, 0.3) is 0 Å². The van der Waals surface area contributed by atoms with E-state index in [9.17, 15) is 9.90 Å². The number of halogens is 1. The van der Waals surface area contributed by atoms with E-state index in [1.165, 1.54) is 0 Å². The van der Waals surface area contributed by atoms with Crippen LogP contribution in [0, 0.1) is 5.92 Å². The molecule has 0 heterocycles. The van der Waals surface area contributed by atoms with E-state index < -0.39 is 18.6 Å². The molecular weight excluding hydrogens is 415 g/mol. The van der Waals surface area contributed by atoms with Gasteiger partial charge >= 0.3 is 13.1 Å². The molecule has 31 heavy (non-hydrogen) atoms. The zero-order valence-corrected chi connectivity index (χ0v) is 18.3. The van der Waals surface area contributed by atoms with Crippen LogP contribution < -0.4 is 11.1 Å². The van der Waals surface area contributed by atoms with Gasteiger partial charge in [-0.3, -0.25) is 4.79 Å². The zero-order valence-electron chi connectivity index (χ0n) is 17.5. The number of carboxylic acid groups (broad SMARTS) is 1. The standard InChI is InChI=1S/C23H30BClN2O4/c25-20-8-6-17(7-9-20)18-5-3-4-16(12-18)15-27-21-13-19(14-21)23(26,22(28)29)10-1-2-11-24(30)31/h3-9,12,19,21,27,30-31H,1-2,10-11,13-15,26H2,(H,28,29)/t19?,21?,23-/m0/s1. The molecule has 2 aromatic rings. The molecule has 6 nitrogen and oxygen atoms in total. The summed E-state index contributed by atoms with van der Waals surface area (Å²) in [6.45, 7) is 0.706. The first-order valence-electron chi connectivity index (χ1n) is 10.7. The molecule has 0 saturated heterocycles. The van der Waals surface area contributed by atoms with Gasteiger partial charge in [0, 0.05) is 17.6 Å². The number of hydrogen-bond donors (Lipinski definition) is 5.